The quantitative estimate of drug-likeness (QED) is 0.266. The van der Waals surface area contributed by atoms with E-state index in [1.54, 1.807) is 6.20 Å². The Morgan fingerprint density at radius 2 is 1.84 bits per heavy atom. The summed E-state index contributed by atoms with van der Waals surface area (Å²) in [5.74, 6) is 0. The maximum Gasteiger partial charge on any atom is 0.294 e. The Labute approximate surface area is 150 Å². The van der Waals surface area contributed by atoms with Crippen molar-refractivity contribution in [3.8, 4) is 11.1 Å². The summed E-state index contributed by atoms with van der Waals surface area (Å²) < 4.78 is 5.16. The highest BCUT2D eigenvalue weighted by Gasteiger charge is 2.21. The van der Waals surface area contributed by atoms with E-state index in [4.69, 9.17) is 11.3 Å². The minimum atomic E-state index is -0.663. The number of hydrogen-bond acceptors (Lipinski definition) is 4. The average molecular weight is 348 g/mol. The van der Waals surface area contributed by atoms with Gasteiger partial charge >= 0.3 is 0 Å². The normalized spacial score (nSPS) is 11.1. The predicted octanol–water partition coefficient (Wildman–Crippen LogP) is 5.45. The third-order valence-corrected chi connectivity index (χ3v) is 4.88. The lowest BCUT2D eigenvalue weighted by Gasteiger charge is -2.22. The van der Waals surface area contributed by atoms with Crippen molar-refractivity contribution in [2.75, 3.05) is 0 Å². The first-order chi connectivity index (χ1) is 12.0. The summed E-state index contributed by atoms with van der Waals surface area (Å²) in [6, 6.07) is 15.5. The second-order valence-electron chi connectivity index (χ2n) is 5.92. The van der Waals surface area contributed by atoms with Gasteiger partial charge in [0.1, 0.15) is 0 Å². The average Bonchev–Trinajstić information content (AvgIpc) is 2.61. The number of rotatable bonds is 5. The first-order valence-electron chi connectivity index (χ1n) is 7.69. The second kappa shape index (κ2) is 6.96. The number of aromatic nitrogens is 1. The second-order valence-corrected chi connectivity index (χ2v) is 7.54. The van der Waals surface area contributed by atoms with Crippen LogP contribution in [-0.2, 0) is 9.53 Å². The summed E-state index contributed by atoms with van der Waals surface area (Å²) in [6.45, 7) is 11.2. The van der Waals surface area contributed by atoms with E-state index >= 15 is 0 Å². The number of thioether (sulfide) groups is 1. The number of pyridine rings is 1. The maximum atomic E-state index is 10.7. The third kappa shape index (κ3) is 3.81. The minimum absolute atomic E-state index is 0.473. The highest BCUT2D eigenvalue weighted by Crippen LogP contribution is 2.38. The van der Waals surface area contributed by atoms with Gasteiger partial charge < -0.3 is 4.74 Å². The van der Waals surface area contributed by atoms with Crippen LogP contribution in [0.15, 0.2) is 59.6 Å². The van der Waals surface area contributed by atoms with Crippen LogP contribution >= 0.6 is 11.8 Å². The van der Waals surface area contributed by atoms with E-state index in [1.807, 2.05) is 56.3 Å². The standard InChI is InChI=1S/C20H16N2O2S/c1-20(2,24-13-23)25-19-10-11-22-18-9-6-15(12-17(18)19)14-4-7-16(21-3)8-5-14/h4-13H,1-2H3. The summed E-state index contributed by atoms with van der Waals surface area (Å²) in [4.78, 5) is 18.9. The summed E-state index contributed by atoms with van der Waals surface area (Å²) in [6.07, 6.45) is 1.76. The summed E-state index contributed by atoms with van der Waals surface area (Å²) in [5, 5.41) is 1.00. The Bertz CT molecular complexity index is 960. The summed E-state index contributed by atoms with van der Waals surface area (Å²) in [5.41, 5.74) is 3.59. The number of carbonyl (C=O) groups excluding carboxylic acids is 1. The van der Waals surface area contributed by atoms with Crippen LogP contribution in [0.3, 0.4) is 0 Å². The molecule has 0 unspecified atom stereocenters. The number of carbonyl (C=O) groups is 1. The monoisotopic (exact) mass is 348 g/mol. The minimum Gasteiger partial charge on any atom is -0.450 e. The molecule has 2 aromatic carbocycles. The first kappa shape index (κ1) is 17.0. The Hall–Kier alpha value is -2.84. The number of ether oxygens (including phenoxy) is 1. The molecular weight excluding hydrogens is 332 g/mol. The van der Waals surface area contributed by atoms with E-state index in [9.17, 15) is 4.79 Å². The van der Waals surface area contributed by atoms with Gasteiger partial charge in [0.15, 0.2) is 10.6 Å². The number of nitrogens with zero attached hydrogens (tertiary/aromatic N) is 2. The SMILES string of the molecule is [C-]#[N+]c1ccc(-c2ccc3nccc(SC(C)(C)OC=O)c3c2)cc1. The molecule has 0 aliphatic rings. The van der Waals surface area contributed by atoms with Crippen molar-refractivity contribution in [3.63, 3.8) is 0 Å². The number of hydrogen-bond donors (Lipinski definition) is 0. The Kier molecular flexibility index (Phi) is 4.73. The maximum absolute atomic E-state index is 10.7. The molecule has 1 heterocycles. The van der Waals surface area contributed by atoms with Gasteiger partial charge in [-0.3, -0.25) is 9.78 Å². The molecule has 0 fully saturated rings. The van der Waals surface area contributed by atoms with E-state index in [0.29, 0.717) is 12.2 Å². The molecule has 0 spiro atoms. The lowest BCUT2D eigenvalue weighted by Crippen LogP contribution is -2.18. The van der Waals surface area contributed by atoms with E-state index < -0.39 is 4.93 Å². The molecule has 5 heteroatoms. The molecule has 1 aromatic heterocycles. The van der Waals surface area contributed by atoms with Crippen LogP contribution in [0.25, 0.3) is 26.9 Å². The van der Waals surface area contributed by atoms with Gasteiger partial charge in [-0.2, -0.15) is 0 Å². The van der Waals surface area contributed by atoms with E-state index in [2.05, 4.69) is 15.9 Å². The van der Waals surface area contributed by atoms with Crippen molar-refractivity contribution < 1.29 is 9.53 Å². The van der Waals surface area contributed by atoms with Gasteiger partial charge in [-0.1, -0.05) is 42.1 Å². The molecule has 0 aliphatic heterocycles. The van der Waals surface area contributed by atoms with Crippen molar-refractivity contribution in [2.45, 2.75) is 23.7 Å². The first-order valence-corrected chi connectivity index (χ1v) is 8.51. The van der Waals surface area contributed by atoms with Gasteiger partial charge in [0, 0.05) is 16.5 Å². The molecule has 0 bridgehead atoms. The zero-order valence-electron chi connectivity index (χ0n) is 13.9. The molecule has 3 rings (SSSR count). The lowest BCUT2D eigenvalue weighted by atomic mass is 10.0. The third-order valence-electron chi connectivity index (χ3n) is 3.72. The van der Waals surface area contributed by atoms with Crippen LogP contribution in [0.1, 0.15) is 13.8 Å². The molecule has 4 nitrogen and oxygen atoms in total. The van der Waals surface area contributed by atoms with Crippen LogP contribution in [0.2, 0.25) is 0 Å². The Morgan fingerprint density at radius 3 is 2.52 bits per heavy atom. The van der Waals surface area contributed by atoms with Crippen LogP contribution in [0.4, 0.5) is 5.69 Å². The van der Waals surface area contributed by atoms with E-state index in [-0.39, 0.29) is 0 Å². The van der Waals surface area contributed by atoms with Gasteiger partial charge in [-0.25, -0.2) is 4.85 Å². The van der Waals surface area contributed by atoms with Crippen molar-refractivity contribution >= 4 is 34.8 Å². The van der Waals surface area contributed by atoms with E-state index in [1.165, 1.54) is 11.8 Å². The number of fused-ring (bicyclic) bond motifs is 1. The molecule has 124 valence electrons. The zero-order chi connectivity index (χ0) is 17.9. The number of benzene rings is 2. The molecule has 0 aliphatic carbocycles. The van der Waals surface area contributed by atoms with Gasteiger partial charge in [0.05, 0.1) is 12.1 Å². The van der Waals surface area contributed by atoms with Gasteiger partial charge in [0.25, 0.3) is 6.47 Å². The van der Waals surface area contributed by atoms with Gasteiger partial charge in [-0.05, 0) is 43.2 Å². The van der Waals surface area contributed by atoms with Crippen molar-refractivity contribution in [3.05, 3.63) is 66.1 Å². The fourth-order valence-electron chi connectivity index (χ4n) is 2.52. The van der Waals surface area contributed by atoms with Crippen LogP contribution in [-0.4, -0.2) is 16.4 Å². The molecule has 0 N–H and O–H groups in total. The van der Waals surface area contributed by atoms with Crippen LogP contribution in [0, 0.1) is 6.57 Å². The largest absolute Gasteiger partial charge is 0.450 e. The van der Waals surface area contributed by atoms with Crippen LogP contribution in [0.5, 0.6) is 0 Å². The molecular formula is C20H16N2O2S. The highest BCUT2D eigenvalue weighted by atomic mass is 32.2. The van der Waals surface area contributed by atoms with Gasteiger partial charge in [-0.15, -0.1) is 0 Å². The fraction of sp³-hybridized carbons (Fsp3) is 0.150. The lowest BCUT2D eigenvalue weighted by molar-refractivity contribution is -0.133. The fourth-order valence-corrected chi connectivity index (χ4v) is 3.54. The molecule has 0 atom stereocenters. The summed E-state index contributed by atoms with van der Waals surface area (Å²) >= 11 is 1.48. The van der Waals surface area contributed by atoms with Crippen molar-refractivity contribution in [1.29, 1.82) is 0 Å². The smallest absolute Gasteiger partial charge is 0.294 e. The molecule has 25 heavy (non-hydrogen) atoms. The highest BCUT2D eigenvalue weighted by molar-refractivity contribution is 8.00. The molecule has 0 saturated carbocycles. The van der Waals surface area contributed by atoms with Crippen LogP contribution < -0.4 is 0 Å². The van der Waals surface area contributed by atoms with E-state index in [0.717, 1.165) is 26.9 Å². The molecule has 0 radical (unpaired) electrons. The Balaban J connectivity index is 2.05. The van der Waals surface area contributed by atoms with Crippen molar-refractivity contribution in [2.24, 2.45) is 0 Å². The van der Waals surface area contributed by atoms with Gasteiger partial charge in [0.2, 0.25) is 0 Å². The Morgan fingerprint density at radius 1 is 1.12 bits per heavy atom. The predicted molar refractivity (Wildman–Crippen MR) is 101 cm³/mol. The van der Waals surface area contributed by atoms with Crippen molar-refractivity contribution in [1.82, 2.24) is 4.98 Å². The zero-order valence-corrected chi connectivity index (χ0v) is 14.7. The molecule has 0 amide bonds. The summed E-state index contributed by atoms with van der Waals surface area (Å²) in [7, 11) is 0. The topological polar surface area (TPSA) is 43.5 Å². The molecule has 0 saturated heterocycles. The molecule has 3 aromatic rings.